The number of rotatable bonds is 10. The third-order valence-corrected chi connectivity index (χ3v) is 54.4. The standard InChI is InChI=1S/C54H58O15Si10/c1-55-72(47-31-15-7-16-32-47)60-73(56-2,48-33-17-8-18-34-48)62-77(52-41-25-12-26-42-52)66-76(61-72,51-39-23-11-24-40-51)67-78(53-43-27-13-28-44-53)64-74(49-35-19-9-20-36-49)58-70(3,4)57-71(5,6)59-75(63-74,50-37-21-10-22-38-50)65-79(68-77,69-78)54-45-29-14-30-46-54/h7-46H,1-6H3. The van der Waals surface area contributed by atoms with Crippen LogP contribution in [0.1, 0.15) is 0 Å². The highest BCUT2D eigenvalue weighted by Gasteiger charge is 2.81. The Hall–Kier alpha value is -4.67. The zero-order chi connectivity index (χ0) is 54.5. The monoisotopic (exact) mass is 1230 g/mol. The van der Waals surface area contributed by atoms with E-state index in [1.165, 1.54) is 0 Å². The van der Waals surface area contributed by atoms with E-state index in [0.29, 0.717) is 41.5 Å². The summed E-state index contributed by atoms with van der Waals surface area (Å²) in [7, 11) is -42.5. The van der Waals surface area contributed by atoms with Gasteiger partial charge in [-0.25, -0.2) is 0 Å². The van der Waals surface area contributed by atoms with Crippen molar-refractivity contribution in [1.29, 1.82) is 0 Å². The van der Waals surface area contributed by atoms with Gasteiger partial charge in [-0.15, -0.1) is 0 Å². The van der Waals surface area contributed by atoms with Crippen LogP contribution in [-0.4, -0.2) is 102 Å². The van der Waals surface area contributed by atoms with Gasteiger partial charge in [0, 0.05) is 55.7 Å². The summed E-state index contributed by atoms with van der Waals surface area (Å²) < 4.78 is 119. The van der Waals surface area contributed by atoms with Gasteiger partial charge in [-0.2, -0.15) is 0 Å². The highest BCUT2D eigenvalue weighted by molar-refractivity contribution is 7.11. The van der Waals surface area contributed by atoms with Gasteiger partial charge < -0.3 is 62.3 Å². The van der Waals surface area contributed by atoms with Crippen LogP contribution >= 0.6 is 0 Å². The van der Waals surface area contributed by atoms with Crippen LogP contribution < -0.4 is 41.5 Å². The normalized spacial score (nSPS) is 32.2. The zero-order valence-corrected chi connectivity index (χ0v) is 54.2. The molecule has 0 aromatic heterocycles. The van der Waals surface area contributed by atoms with Gasteiger partial charge in [-0.05, 0) is 26.2 Å². The van der Waals surface area contributed by atoms with Crippen molar-refractivity contribution in [3.63, 3.8) is 0 Å². The minimum absolute atomic E-state index is 0.485. The van der Waals surface area contributed by atoms with Gasteiger partial charge in [0.15, 0.2) is 0 Å². The Balaban J connectivity index is 1.28. The number of benzene rings is 8. The van der Waals surface area contributed by atoms with Gasteiger partial charge in [-0.3, -0.25) is 0 Å². The SMILES string of the molecule is CO[Si]1(c2ccccc2)O[Si](OC)(c2ccccc2)O[Si]2(c3ccccc3)O[Si](c3ccccc3)(O1)O[Si]1(c3ccccc3)O[Si]3(c4ccccc4)O[Si](C)(C)O[Si](C)(C)O[Si](c4ccccc4)(O3)O[Si](c3ccccc3)(O2)O1. The molecule has 0 N–H and O–H groups in total. The molecule has 8 aromatic carbocycles. The molecule has 8 unspecified atom stereocenters. The minimum Gasteiger partial charge on any atom is -0.416 e. The molecule has 4 aliphatic heterocycles. The average Bonchev–Trinajstić information content (AvgIpc) is 3.56. The van der Waals surface area contributed by atoms with Crippen molar-refractivity contribution < 1.29 is 62.3 Å². The molecule has 4 aliphatic rings. The molecule has 15 nitrogen and oxygen atoms in total. The fourth-order valence-electron chi connectivity index (χ4n) is 10.3. The van der Waals surface area contributed by atoms with Crippen molar-refractivity contribution in [3.8, 4) is 0 Å². The van der Waals surface area contributed by atoms with Gasteiger partial charge in [0.2, 0.25) is 0 Å². The average molecular weight is 1230 g/mol. The second-order valence-corrected chi connectivity index (χ2v) is 50.5. The van der Waals surface area contributed by atoms with Gasteiger partial charge in [0.25, 0.3) is 0 Å². The van der Waals surface area contributed by atoms with Crippen LogP contribution in [0.15, 0.2) is 243 Å². The Morgan fingerprint density at radius 3 is 0.582 bits per heavy atom. The molecule has 0 radical (unpaired) electrons. The quantitative estimate of drug-likeness (QED) is 0.175. The molecule has 404 valence electrons. The van der Waals surface area contributed by atoms with E-state index in [-0.39, 0.29) is 0 Å². The largest absolute Gasteiger partial charge is 0.522 e. The van der Waals surface area contributed by atoms with Gasteiger partial charge in [0.1, 0.15) is 0 Å². The number of hydrogen-bond acceptors (Lipinski definition) is 15. The molecule has 0 aliphatic carbocycles. The summed E-state index contributed by atoms with van der Waals surface area (Å²) >= 11 is 0. The molecule has 8 aromatic rings. The molecule has 79 heavy (non-hydrogen) atoms. The summed E-state index contributed by atoms with van der Waals surface area (Å²) in [5.74, 6) is 0. The molecule has 8 atom stereocenters. The van der Waals surface area contributed by atoms with Crippen molar-refractivity contribution in [2.24, 2.45) is 0 Å². The maximum absolute atomic E-state index is 8.43. The van der Waals surface area contributed by atoms with E-state index in [2.05, 4.69) is 0 Å². The summed E-state index contributed by atoms with van der Waals surface area (Å²) in [6, 6.07) is 76.4. The number of fused-ring (bicyclic) bond motifs is 6. The number of hydrogen-bond donors (Lipinski definition) is 0. The lowest BCUT2D eigenvalue weighted by Gasteiger charge is -2.58. The third-order valence-electron chi connectivity index (χ3n) is 13.5. The van der Waals surface area contributed by atoms with E-state index in [1.807, 2.05) is 269 Å². The van der Waals surface area contributed by atoms with Crippen LogP contribution in [0.4, 0.5) is 0 Å². The molecule has 0 spiro atoms. The molecule has 12 rings (SSSR count). The van der Waals surface area contributed by atoms with Crippen molar-refractivity contribution in [2.45, 2.75) is 26.2 Å². The van der Waals surface area contributed by atoms with Crippen LogP contribution in [0, 0.1) is 0 Å². The fourth-order valence-corrected chi connectivity index (χ4v) is 63.3. The Labute approximate surface area is 471 Å². The molecule has 6 bridgehead atoms. The summed E-state index contributed by atoms with van der Waals surface area (Å²) in [4.78, 5) is 0. The molecule has 0 saturated carbocycles. The maximum Gasteiger partial charge on any atom is 0.522 e. The maximum atomic E-state index is 8.43. The third kappa shape index (κ3) is 10.2. The lowest BCUT2D eigenvalue weighted by atomic mass is 10.4. The Kier molecular flexibility index (Phi) is 14.8. The second-order valence-electron chi connectivity index (χ2n) is 19.9. The Bertz CT molecular complexity index is 3150. The van der Waals surface area contributed by atoms with Gasteiger partial charge in [0.05, 0.1) is 0 Å². The van der Waals surface area contributed by atoms with Crippen LogP contribution in [0.3, 0.4) is 0 Å². The van der Waals surface area contributed by atoms with Crippen molar-refractivity contribution in [1.82, 2.24) is 0 Å². The first-order valence-electron chi connectivity index (χ1n) is 25.8. The van der Waals surface area contributed by atoms with Crippen LogP contribution in [0.5, 0.6) is 0 Å². The molecular weight excluding hydrogens is 1170 g/mol. The zero-order valence-electron chi connectivity index (χ0n) is 44.2. The van der Waals surface area contributed by atoms with Crippen molar-refractivity contribution in [3.05, 3.63) is 243 Å². The summed E-state index contributed by atoms with van der Waals surface area (Å²) in [5.41, 5.74) is 0. The van der Waals surface area contributed by atoms with Gasteiger partial charge >= 0.3 is 87.6 Å². The highest BCUT2D eigenvalue weighted by atomic mass is 28.6. The molecule has 25 heteroatoms. The highest BCUT2D eigenvalue weighted by Crippen LogP contribution is 2.45. The molecule has 4 saturated heterocycles. The van der Waals surface area contributed by atoms with E-state index >= 15 is 0 Å². The van der Waals surface area contributed by atoms with Crippen LogP contribution in [0.2, 0.25) is 26.2 Å². The minimum atomic E-state index is -5.09. The topological polar surface area (TPSA) is 138 Å². The van der Waals surface area contributed by atoms with E-state index in [9.17, 15) is 0 Å². The second kappa shape index (κ2) is 21.3. The first-order chi connectivity index (χ1) is 38.2. The summed E-state index contributed by atoms with van der Waals surface area (Å²) in [6.45, 7) is 7.90. The predicted octanol–water partition coefficient (Wildman–Crippen LogP) is 4.72. The molecule has 4 heterocycles. The molecular formula is C54H58O15Si10. The molecule has 4 fully saturated rings. The first kappa shape index (κ1) is 54.9. The smallest absolute Gasteiger partial charge is 0.416 e. The van der Waals surface area contributed by atoms with Crippen LogP contribution in [0.25, 0.3) is 0 Å². The lowest BCUT2D eigenvalue weighted by molar-refractivity contribution is 0.0314. The summed E-state index contributed by atoms with van der Waals surface area (Å²) in [5, 5.41) is 4.23. The summed E-state index contributed by atoms with van der Waals surface area (Å²) in [6.07, 6.45) is 0. The van der Waals surface area contributed by atoms with E-state index in [0.717, 1.165) is 0 Å². The van der Waals surface area contributed by atoms with E-state index < -0.39 is 87.6 Å². The van der Waals surface area contributed by atoms with Crippen molar-refractivity contribution in [2.75, 3.05) is 14.2 Å². The molecule has 0 amide bonds. The van der Waals surface area contributed by atoms with Crippen LogP contribution in [-0.2, 0) is 62.3 Å². The Morgan fingerprint density at radius 1 is 0.203 bits per heavy atom. The first-order valence-corrected chi connectivity index (χ1v) is 45.2. The van der Waals surface area contributed by atoms with Gasteiger partial charge in [-0.1, -0.05) is 243 Å². The fraction of sp³-hybridized carbons (Fsp3) is 0.111. The predicted molar refractivity (Wildman–Crippen MR) is 318 cm³/mol. The van der Waals surface area contributed by atoms with Crippen molar-refractivity contribution >= 4 is 129 Å². The van der Waals surface area contributed by atoms with E-state index in [4.69, 9.17) is 62.3 Å². The van der Waals surface area contributed by atoms with E-state index in [1.54, 1.807) is 14.2 Å². The Morgan fingerprint density at radius 2 is 0.380 bits per heavy atom. The lowest BCUT2D eigenvalue weighted by Crippen LogP contribution is -2.91.